The molecule has 0 unspecified atom stereocenters. The van der Waals surface area contributed by atoms with Crippen LogP contribution in [0, 0.1) is 0 Å². The molecule has 9 heteroatoms. The first kappa shape index (κ1) is 14.5. The van der Waals surface area contributed by atoms with Crippen LogP contribution in [0.3, 0.4) is 0 Å². The molecule has 0 saturated heterocycles. The van der Waals surface area contributed by atoms with E-state index < -0.39 is 10.0 Å². The van der Waals surface area contributed by atoms with E-state index in [0.717, 1.165) is 0 Å². The third-order valence-corrected chi connectivity index (χ3v) is 4.15. The summed E-state index contributed by atoms with van der Waals surface area (Å²) < 4.78 is 33.4. The van der Waals surface area contributed by atoms with Gasteiger partial charge in [0.25, 0.3) is 0 Å². The number of nitrogens with two attached hydrogens (primary N) is 1. The number of aryl methyl sites for hydroxylation is 2. The lowest BCUT2D eigenvalue weighted by molar-refractivity contribution is 0.452. The van der Waals surface area contributed by atoms with E-state index in [1.807, 2.05) is 13.8 Å². The molecule has 0 spiro atoms. The molecule has 8 nitrogen and oxygen atoms in total. The van der Waals surface area contributed by atoms with Crippen LogP contribution in [-0.2, 0) is 29.5 Å². The van der Waals surface area contributed by atoms with E-state index >= 15 is 0 Å². The van der Waals surface area contributed by atoms with Gasteiger partial charge in [0, 0.05) is 19.2 Å². The molecular weight excluding hydrogens is 282 g/mol. The third kappa shape index (κ3) is 2.99. The third-order valence-electron chi connectivity index (χ3n) is 2.73. The van der Waals surface area contributed by atoms with Crippen LogP contribution >= 0.6 is 0 Å². The molecule has 0 atom stereocenters. The second-order valence-electron chi connectivity index (χ2n) is 4.13. The molecule has 2 aromatic rings. The predicted molar refractivity (Wildman–Crippen MR) is 72.2 cm³/mol. The summed E-state index contributed by atoms with van der Waals surface area (Å²) in [5.41, 5.74) is 5.61. The summed E-state index contributed by atoms with van der Waals surface area (Å²) in [4.78, 5) is 3.94. The number of aromatic nitrogens is 3. The number of hydrogen-bond acceptors (Lipinski definition) is 6. The molecular formula is C11H17N5O3S. The quantitative estimate of drug-likeness (QED) is 0.803. The van der Waals surface area contributed by atoms with Crippen LogP contribution in [0.5, 0.6) is 0 Å². The molecule has 0 radical (unpaired) electrons. The van der Waals surface area contributed by atoms with E-state index in [9.17, 15) is 8.42 Å². The van der Waals surface area contributed by atoms with Crippen molar-refractivity contribution >= 4 is 15.8 Å². The summed E-state index contributed by atoms with van der Waals surface area (Å²) in [7, 11) is -3.73. The van der Waals surface area contributed by atoms with Crippen LogP contribution in [0.15, 0.2) is 21.7 Å². The Morgan fingerprint density at radius 3 is 2.75 bits per heavy atom. The molecule has 0 saturated carbocycles. The SMILES string of the molecule is CCc1cnc(CNS(=O)(=O)c2cn(CC)nc2N)o1. The highest BCUT2D eigenvalue weighted by Crippen LogP contribution is 2.16. The van der Waals surface area contributed by atoms with Crippen LogP contribution in [0.2, 0.25) is 0 Å². The summed E-state index contributed by atoms with van der Waals surface area (Å²) in [6.07, 6.45) is 3.67. The lowest BCUT2D eigenvalue weighted by Gasteiger charge is -2.02. The molecule has 20 heavy (non-hydrogen) atoms. The van der Waals surface area contributed by atoms with E-state index in [2.05, 4.69) is 14.8 Å². The number of hydrogen-bond donors (Lipinski definition) is 2. The van der Waals surface area contributed by atoms with E-state index in [-0.39, 0.29) is 17.3 Å². The minimum atomic E-state index is -3.73. The largest absolute Gasteiger partial charge is 0.444 e. The molecule has 0 fully saturated rings. The van der Waals surface area contributed by atoms with Crippen LogP contribution in [0.1, 0.15) is 25.5 Å². The molecule has 2 aromatic heterocycles. The van der Waals surface area contributed by atoms with Gasteiger partial charge in [0.15, 0.2) is 5.82 Å². The van der Waals surface area contributed by atoms with Crippen LogP contribution < -0.4 is 10.5 Å². The Balaban J connectivity index is 2.12. The number of nitrogen functional groups attached to an aromatic ring is 1. The van der Waals surface area contributed by atoms with Gasteiger partial charge < -0.3 is 10.2 Å². The molecule has 3 N–H and O–H groups in total. The summed E-state index contributed by atoms with van der Waals surface area (Å²) in [6, 6.07) is 0. The maximum Gasteiger partial charge on any atom is 0.246 e. The molecule has 0 aliphatic carbocycles. The first-order valence-corrected chi connectivity index (χ1v) is 7.70. The molecule has 0 aromatic carbocycles. The second-order valence-corrected chi connectivity index (χ2v) is 5.87. The first-order chi connectivity index (χ1) is 9.46. The summed E-state index contributed by atoms with van der Waals surface area (Å²) in [5, 5.41) is 3.90. The highest BCUT2D eigenvalue weighted by Gasteiger charge is 2.21. The zero-order valence-electron chi connectivity index (χ0n) is 11.3. The van der Waals surface area contributed by atoms with Crippen molar-refractivity contribution in [2.45, 2.75) is 38.3 Å². The Kier molecular flexibility index (Phi) is 4.09. The second kappa shape index (κ2) is 5.63. The van der Waals surface area contributed by atoms with Gasteiger partial charge in [-0.3, -0.25) is 4.68 Å². The van der Waals surface area contributed by atoms with Crippen molar-refractivity contribution in [2.24, 2.45) is 0 Å². The molecule has 0 amide bonds. The Morgan fingerprint density at radius 2 is 2.20 bits per heavy atom. The van der Waals surface area contributed by atoms with Crippen molar-refractivity contribution in [2.75, 3.05) is 5.73 Å². The molecule has 2 heterocycles. The minimum absolute atomic E-state index is 0.0269. The monoisotopic (exact) mass is 299 g/mol. The van der Waals surface area contributed by atoms with E-state index in [1.165, 1.54) is 10.9 Å². The normalized spacial score (nSPS) is 11.9. The maximum absolute atomic E-state index is 12.1. The fourth-order valence-corrected chi connectivity index (χ4v) is 2.66. The Labute approximate surface area is 117 Å². The number of nitrogens with zero attached hydrogens (tertiary/aromatic N) is 3. The Bertz CT molecular complexity index is 689. The van der Waals surface area contributed by atoms with Gasteiger partial charge in [-0.05, 0) is 6.92 Å². The lowest BCUT2D eigenvalue weighted by atomic mass is 10.4. The summed E-state index contributed by atoms with van der Waals surface area (Å²) in [5.74, 6) is 0.991. The van der Waals surface area contributed by atoms with Crippen molar-refractivity contribution in [1.82, 2.24) is 19.5 Å². The number of anilines is 1. The fourth-order valence-electron chi connectivity index (χ4n) is 1.61. The number of rotatable bonds is 6. The van der Waals surface area contributed by atoms with Gasteiger partial charge in [-0.25, -0.2) is 18.1 Å². The Hall–Kier alpha value is -1.87. The number of oxazole rings is 1. The first-order valence-electron chi connectivity index (χ1n) is 6.22. The fraction of sp³-hybridized carbons (Fsp3) is 0.455. The van der Waals surface area contributed by atoms with Crippen molar-refractivity contribution in [3.05, 3.63) is 24.0 Å². The van der Waals surface area contributed by atoms with E-state index in [1.54, 1.807) is 6.20 Å². The maximum atomic E-state index is 12.1. The van der Waals surface area contributed by atoms with Crippen molar-refractivity contribution in [3.63, 3.8) is 0 Å². The van der Waals surface area contributed by atoms with Gasteiger partial charge in [0.2, 0.25) is 15.9 Å². The molecule has 110 valence electrons. The van der Waals surface area contributed by atoms with E-state index in [4.69, 9.17) is 10.2 Å². The van der Waals surface area contributed by atoms with Crippen molar-refractivity contribution in [3.8, 4) is 0 Å². The minimum Gasteiger partial charge on any atom is -0.444 e. The zero-order valence-corrected chi connectivity index (χ0v) is 12.1. The topological polar surface area (TPSA) is 116 Å². The lowest BCUT2D eigenvalue weighted by Crippen LogP contribution is -2.23. The van der Waals surface area contributed by atoms with Gasteiger partial charge in [0.05, 0.1) is 12.7 Å². The highest BCUT2D eigenvalue weighted by molar-refractivity contribution is 7.89. The number of sulfonamides is 1. The average Bonchev–Trinajstić information content (AvgIpc) is 3.02. The molecule has 0 aliphatic heterocycles. The van der Waals surface area contributed by atoms with Crippen molar-refractivity contribution in [1.29, 1.82) is 0 Å². The van der Waals surface area contributed by atoms with Gasteiger partial charge >= 0.3 is 0 Å². The van der Waals surface area contributed by atoms with Crippen LogP contribution in [-0.4, -0.2) is 23.2 Å². The molecule has 0 aliphatic rings. The molecule has 2 rings (SSSR count). The Morgan fingerprint density at radius 1 is 1.45 bits per heavy atom. The van der Waals surface area contributed by atoms with Gasteiger partial charge in [-0.1, -0.05) is 6.92 Å². The van der Waals surface area contributed by atoms with Crippen LogP contribution in [0.25, 0.3) is 0 Å². The van der Waals surface area contributed by atoms with Crippen molar-refractivity contribution < 1.29 is 12.8 Å². The summed E-state index contributed by atoms with van der Waals surface area (Å²) in [6.45, 7) is 4.28. The molecule has 0 bridgehead atoms. The highest BCUT2D eigenvalue weighted by atomic mass is 32.2. The average molecular weight is 299 g/mol. The zero-order chi connectivity index (χ0) is 14.8. The van der Waals surface area contributed by atoms with Crippen LogP contribution in [0.4, 0.5) is 5.82 Å². The standard InChI is InChI=1S/C11H17N5O3S/c1-3-8-5-13-10(19-8)6-14-20(17,18)9-7-16(4-2)15-11(9)12/h5,7,14H,3-4,6H2,1-2H3,(H2,12,15). The smallest absolute Gasteiger partial charge is 0.246 e. The van der Waals surface area contributed by atoms with E-state index in [0.29, 0.717) is 24.6 Å². The number of nitrogens with one attached hydrogen (secondary N) is 1. The van der Waals surface area contributed by atoms with Gasteiger partial charge in [0.1, 0.15) is 10.7 Å². The summed E-state index contributed by atoms with van der Waals surface area (Å²) >= 11 is 0. The van der Waals surface area contributed by atoms with Gasteiger partial charge in [-0.2, -0.15) is 5.10 Å². The predicted octanol–water partition coefficient (Wildman–Crippen LogP) is 0.514. The van der Waals surface area contributed by atoms with Gasteiger partial charge in [-0.15, -0.1) is 0 Å².